The molecule has 1 aromatic rings. The number of hydrogen-bond donors (Lipinski definition) is 0. The maximum Gasteiger partial charge on any atom is 0.253 e. The summed E-state index contributed by atoms with van der Waals surface area (Å²) >= 11 is 0. The maximum atomic E-state index is 12.1. The molecular weight excluding hydrogens is 212 g/mol. The van der Waals surface area contributed by atoms with Crippen LogP contribution in [0.2, 0.25) is 0 Å². The zero-order valence-electron chi connectivity index (χ0n) is 10.4. The van der Waals surface area contributed by atoms with Crippen molar-refractivity contribution in [1.82, 2.24) is 9.88 Å². The van der Waals surface area contributed by atoms with Crippen molar-refractivity contribution in [3.8, 4) is 0 Å². The van der Waals surface area contributed by atoms with Gasteiger partial charge in [0.1, 0.15) is 0 Å². The molecule has 0 spiro atoms. The number of pyridine rings is 1. The number of amides is 1. The third kappa shape index (κ3) is 3.29. The van der Waals surface area contributed by atoms with Crippen molar-refractivity contribution in [2.45, 2.75) is 32.1 Å². The lowest BCUT2D eigenvalue weighted by atomic mass is 9.89. The molecule has 0 radical (unpaired) electrons. The van der Waals surface area contributed by atoms with Crippen molar-refractivity contribution in [1.29, 1.82) is 0 Å². The van der Waals surface area contributed by atoms with Crippen LogP contribution in [-0.2, 0) is 0 Å². The highest BCUT2D eigenvalue weighted by atomic mass is 16.2. The molecule has 1 fully saturated rings. The van der Waals surface area contributed by atoms with Crippen LogP contribution in [0.25, 0.3) is 0 Å². The van der Waals surface area contributed by atoms with E-state index in [-0.39, 0.29) is 5.91 Å². The molecule has 92 valence electrons. The first-order valence-electron chi connectivity index (χ1n) is 6.43. The summed E-state index contributed by atoms with van der Waals surface area (Å²) in [5.74, 6) is 0.803. The van der Waals surface area contributed by atoms with Crippen molar-refractivity contribution in [2.24, 2.45) is 5.92 Å². The predicted molar refractivity (Wildman–Crippen MR) is 67.8 cm³/mol. The van der Waals surface area contributed by atoms with E-state index in [0.29, 0.717) is 5.92 Å². The van der Waals surface area contributed by atoms with E-state index in [1.807, 2.05) is 11.9 Å². The molecule has 1 heterocycles. The summed E-state index contributed by atoms with van der Waals surface area (Å²) in [6, 6.07) is 3.55. The van der Waals surface area contributed by atoms with Crippen LogP contribution in [0, 0.1) is 5.92 Å². The van der Waals surface area contributed by atoms with Gasteiger partial charge in [0, 0.05) is 31.5 Å². The van der Waals surface area contributed by atoms with Gasteiger partial charge in [-0.05, 0) is 30.9 Å². The highest BCUT2D eigenvalue weighted by Crippen LogP contribution is 2.24. The van der Waals surface area contributed by atoms with Gasteiger partial charge >= 0.3 is 0 Å². The van der Waals surface area contributed by atoms with Gasteiger partial charge < -0.3 is 4.90 Å². The van der Waals surface area contributed by atoms with E-state index in [4.69, 9.17) is 0 Å². The molecular formula is C14H20N2O. The number of carbonyl (C=O) groups excluding carboxylic acids is 1. The third-order valence-corrected chi connectivity index (χ3v) is 3.53. The minimum atomic E-state index is 0.109. The molecule has 0 unspecified atom stereocenters. The van der Waals surface area contributed by atoms with Crippen LogP contribution < -0.4 is 0 Å². The van der Waals surface area contributed by atoms with Crippen LogP contribution in [-0.4, -0.2) is 29.4 Å². The fourth-order valence-corrected chi connectivity index (χ4v) is 2.55. The molecule has 1 aliphatic carbocycles. The molecule has 0 saturated heterocycles. The number of carbonyl (C=O) groups is 1. The predicted octanol–water partition coefficient (Wildman–Crippen LogP) is 2.73. The Hall–Kier alpha value is -1.38. The molecule has 1 aliphatic rings. The van der Waals surface area contributed by atoms with E-state index in [9.17, 15) is 4.79 Å². The third-order valence-electron chi connectivity index (χ3n) is 3.53. The number of hydrogen-bond acceptors (Lipinski definition) is 2. The Balaban J connectivity index is 1.91. The van der Waals surface area contributed by atoms with Crippen molar-refractivity contribution < 1.29 is 4.79 Å². The standard InChI is InChI=1S/C14H20N2O/c1-16(11-12-5-3-2-4-6-12)14(17)13-7-9-15-10-8-13/h7-10,12H,2-6,11H2,1H3. The van der Waals surface area contributed by atoms with E-state index in [2.05, 4.69) is 4.98 Å². The van der Waals surface area contributed by atoms with E-state index in [1.54, 1.807) is 24.5 Å². The second kappa shape index (κ2) is 5.80. The first kappa shape index (κ1) is 12.1. The van der Waals surface area contributed by atoms with Gasteiger partial charge in [0.05, 0.1) is 0 Å². The molecule has 0 N–H and O–H groups in total. The Labute approximate surface area is 103 Å². The van der Waals surface area contributed by atoms with Gasteiger partial charge in [-0.15, -0.1) is 0 Å². The van der Waals surface area contributed by atoms with Gasteiger partial charge in [-0.3, -0.25) is 9.78 Å². The van der Waals surface area contributed by atoms with E-state index in [0.717, 1.165) is 12.1 Å². The molecule has 3 nitrogen and oxygen atoms in total. The van der Waals surface area contributed by atoms with Gasteiger partial charge in [-0.25, -0.2) is 0 Å². The smallest absolute Gasteiger partial charge is 0.253 e. The lowest BCUT2D eigenvalue weighted by molar-refractivity contribution is 0.0760. The van der Waals surface area contributed by atoms with Crippen molar-refractivity contribution in [3.05, 3.63) is 30.1 Å². The molecule has 1 amide bonds. The Morgan fingerprint density at radius 3 is 2.59 bits per heavy atom. The average molecular weight is 232 g/mol. The largest absolute Gasteiger partial charge is 0.341 e. The SMILES string of the molecule is CN(CC1CCCCC1)C(=O)c1ccncc1. The molecule has 1 saturated carbocycles. The quantitative estimate of drug-likeness (QED) is 0.802. The van der Waals surface area contributed by atoms with Crippen molar-refractivity contribution in [2.75, 3.05) is 13.6 Å². The fraction of sp³-hybridized carbons (Fsp3) is 0.571. The second-order valence-corrected chi connectivity index (χ2v) is 4.93. The first-order valence-corrected chi connectivity index (χ1v) is 6.43. The Morgan fingerprint density at radius 2 is 1.94 bits per heavy atom. The van der Waals surface area contributed by atoms with Gasteiger partial charge in [-0.2, -0.15) is 0 Å². The van der Waals surface area contributed by atoms with Crippen molar-refractivity contribution >= 4 is 5.91 Å². The first-order chi connectivity index (χ1) is 8.27. The number of aromatic nitrogens is 1. The normalized spacial score (nSPS) is 16.8. The maximum absolute atomic E-state index is 12.1. The average Bonchev–Trinajstić information content (AvgIpc) is 2.40. The van der Waals surface area contributed by atoms with Crippen molar-refractivity contribution in [3.63, 3.8) is 0 Å². The highest BCUT2D eigenvalue weighted by Gasteiger charge is 2.18. The molecule has 2 rings (SSSR count). The Bertz CT molecular complexity index is 358. The van der Waals surface area contributed by atoms with Crippen LogP contribution in [0.4, 0.5) is 0 Å². The fourth-order valence-electron chi connectivity index (χ4n) is 2.55. The minimum Gasteiger partial charge on any atom is -0.341 e. The molecule has 0 aliphatic heterocycles. The molecule has 1 aromatic heterocycles. The van der Waals surface area contributed by atoms with Crippen LogP contribution in [0.1, 0.15) is 42.5 Å². The lowest BCUT2D eigenvalue weighted by Crippen LogP contribution is -2.32. The van der Waals surface area contributed by atoms with Gasteiger partial charge in [0.2, 0.25) is 0 Å². The number of nitrogens with zero attached hydrogens (tertiary/aromatic N) is 2. The van der Waals surface area contributed by atoms with Crippen LogP contribution in [0.5, 0.6) is 0 Å². The summed E-state index contributed by atoms with van der Waals surface area (Å²) in [6.45, 7) is 0.890. The molecule has 3 heteroatoms. The highest BCUT2D eigenvalue weighted by molar-refractivity contribution is 5.93. The van der Waals surface area contributed by atoms with E-state index >= 15 is 0 Å². The van der Waals surface area contributed by atoms with Crippen LogP contribution >= 0.6 is 0 Å². The zero-order chi connectivity index (χ0) is 12.1. The summed E-state index contributed by atoms with van der Waals surface area (Å²) < 4.78 is 0. The van der Waals surface area contributed by atoms with Gasteiger partial charge in [0.15, 0.2) is 0 Å². The summed E-state index contributed by atoms with van der Waals surface area (Å²) in [7, 11) is 1.90. The second-order valence-electron chi connectivity index (χ2n) is 4.93. The number of rotatable bonds is 3. The van der Waals surface area contributed by atoms with Gasteiger partial charge in [0.25, 0.3) is 5.91 Å². The van der Waals surface area contributed by atoms with Crippen LogP contribution in [0.15, 0.2) is 24.5 Å². The van der Waals surface area contributed by atoms with E-state index < -0.39 is 0 Å². The summed E-state index contributed by atoms with van der Waals surface area (Å²) in [4.78, 5) is 17.9. The monoisotopic (exact) mass is 232 g/mol. The topological polar surface area (TPSA) is 33.2 Å². The summed E-state index contributed by atoms with van der Waals surface area (Å²) in [6.07, 6.45) is 9.88. The molecule has 0 bridgehead atoms. The lowest BCUT2D eigenvalue weighted by Gasteiger charge is -2.27. The molecule has 17 heavy (non-hydrogen) atoms. The summed E-state index contributed by atoms with van der Waals surface area (Å²) in [5, 5.41) is 0. The molecule has 0 aromatic carbocycles. The van der Waals surface area contributed by atoms with E-state index in [1.165, 1.54) is 32.1 Å². The summed E-state index contributed by atoms with van der Waals surface area (Å²) in [5.41, 5.74) is 0.735. The minimum absolute atomic E-state index is 0.109. The zero-order valence-corrected chi connectivity index (χ0v) is 10.4. The Kier molecular flexibility index (Phi) is 4.13. The van der Waals surface area contributed by atoms with Gasteiger partial charge in [-0.1, -0.05) is 19.3 Å². The molecule has 0 atom stereocenters. The Morgan fingerprint density at radius 1 is 1.29 bits per heavy atom. The van der Waals surface area contributed by atoms with Crippen LogP contribution in [0.3, 0.4) is 0 Å².